The molecule has 1 fully saturated rings. The van der Waals surface area contributed by atoms with Gasteiger partial charge in [0.2, 0.25) is 5.91 Å². The largest absolute Gasteiger partial charge is 0.293 e. The molecule has 0 N–H and O–H groups in total. The zero-order valence-corrected chi connectivity index (χ0v) is 20.8. The fourth-order valence-corrected chi connectivity index (χ4v) is 5.25. The summed E-state index contributed by atoms with van der Waals surface area (Å²) in [5, 5.41) is 0. The Kier molecular flexibility index (Phi) is 7.55. The molecule has 4 aromatic rings. The molecule has 5 rings (SSSR count). The summed E-state index contributed by atoms with van der Waals surface area (Å²) in [5.41, 5.74) is 4.40. The van der Waals surface area contributed by atoms with Gasteiger partial charge in [-0.1, -0.05) is 97.1 Å². The number of anilines is 2. The molecule has 0 bridgehead atoms. The van der Waals surface area contributed by atoms with Gasteiger partial charge in [0, 0.05) is 30.5 Å². The number of amides is 1. The summed E-state index contributed by atoms with van der Waals surface area (Å²) in [6, 6.07) is 41.8. The van der Waals surface area contributed by atoms with Crippen LogP contribution in [-0.4, -0.2) is 48.4 Å². The third-order valence-electron chi connectivity index (χ3n) is 7.08. The fraction of sp³-hybridized carbons (Fsp3) is 0.219. The van der Waals surface area contributed by atoms with E-state index in [0.717, 1.165) is 30.9 Å². The van der Waals surface area contributed by atoms with Crippen LogP contribution in [0.15, 0.2) is 121 Å². The van der Waals surface area contributed by atoms with Crippen LogP contribution in [-0.2, 0) is 4.79 Å². The van der Waals surface area contributed by atoms with E-state index >= 15 is 0 Å². The molecule has 4 nitrogen and oxygen atoms in total. The second-order valence-corrected chi connectivity index (χ2v) is 9.48. The molecule has 182 valence electrons. The standard InChI is InChI=1S/C32H33N3O/c1-33(25-31(36)35(28-18-10-4-11-19-28)29-20-12-5-13-21-29)30-22-23-34(24-30)32(26-14-6-2-7-15-26)27-16-8-3-9-17-27/h2-21,30,32H,22-25H2,1H3. The number of rotatable bonds is 8. The lowest BCUT2D eigenvalue weighted by atomic mass is 9.97. The van der Waals surface area contributed by atoms with E-state index in [-0.39, 0.29) is 11.9 Å². The Bertz CT molecular complexity index is 1150. The number of likely N-dealkylation sites (N-methyl/N-ethyl adjacent to an activating group) is 1. The van der Waals surface area contributed by atoms with E-state index in [1.165, 1.54) is 11.1 Å². The Morgan fingerprint density at radius 2 is 1.19 bits per heavy atom. The first kappa shape index (κ1) is 24.0. The van der Waals surface area contributed by atoms with Gasteiger partial charge in [0.1, 0.15) is 0 Å². The van der Waals surface area contributed by atoms with Gasteiger partial charge in [-0.15, -0.1) is 0 Å². The molecule has 1 unspecified atom stereocenters. The summed E-state index contributed by atoms with van der Waals surface area (Å²) in [5.74, 6) is 0.0796. The van der Waals surface area contributed by atoms with Gasteiger partial charge in [0.25, 0.3) is 0 Å². The lowest BCUT2D eigenvalue weighted by molar-refractivity contribution is -0.119. The van der Waals surface area contributed by atoms with E-state index in [2.05, 4.69) is 77.5 Å². The normalized spacial score (nSPS) is 15.9. The first-order valence-electron chi connectivity index (χ1n) is 12.7. The quantitative estimate of drug-likeness (QED) is 0.306. The number of nitrogens with zero attached hydrogens (tertiary/aromatic N) is 3. The Morgan fingerprint density at radius 1 is 0.750 bits per heavy atom. The van der Waals surface area contributed by atoms with Crippen LogP contribution in [0.25, 0.3) is 0 Å². The third kappa shape index (κ3) is 5.40. The van der Waals surface area contributed by atoms with Crippen LogP contribution in [0.2, 0.25) is 0 Å². The number of para-hydroxylation sites is 2. The first-order valence-corrected chi connectivity index (χ1v) is 12.7. The molecule has 1 aliphatic rings. The monoisotopic (exact) mass is 475 g/mol. The maximum atomic E-state index is 13.6. The minimum atomic E-state index is 0.0796. The summed E-state index contributed by atoms with van der Waals surface area (Å²) < 4.78 is 0. The van der Waals surface area contributed by atoms with Crippen LogP contribution in [0.3, 0.4) is 0 Å². The van der Waals surface area contributed by atoms with Gasteiger partial charge < -0.3 is 0 Å². The maximum Gasteiger partial charge on any atom is 0.245 e. The Balaban J connectivity index is 1.32. The molecule has 1 saturated heterocycles. The van der Waals surface area contributed by atoms with E-state index in [1.54, 1.807) is 0 Å². The van der Waals surface area contributed by atoms with Gasteiger partial charge in [-0.3, -0.25) is 19.5 Å². The molecule has 1 amide bonds. The van der Waals surface area contributed by atoms with Crippen molar-refractivity contribution < 1.29 is 4.79 Å². The highest BCUT2D eigenvalue weighted by molar-refractivity contribution is 6.01. The molecule has 0 radical (unpaired) electrons. The van der Waals surface area contributed by atoms with Gasteiger partial charge >= 0.3 is 0 Å². The smallest absolute Gasteiger partial charge is 0.245 e. The number of hydrogen-bond donors (Lipinski definition) is 0. The van der Waals surface area contributed by atoms with Crippen molar-refractivity contribution in [2.24, 2.45) is 0 Å². The molecule has 0 saturated carbocycles. The zero-order valence-electron chi connectivity index (χ0n) is 20.8. The number of benzene rings is 4. The van der Waals surface area contributed by atoms with Crippen molar-refractivity contribution in [1.82, 2.24) is 9.80 Å². The second kappa shape index (κ2) is 11.3. The molecule has 1 heterocycles. The molecule has 4 heteroatoms. The lowest BCUT2D eigenvalue weighted by Crippen LogP contribution is -2.42. The second-order valence-electron chi connectivity index (χ2n) is 9.48. The average molecular weight is 476 g/mol. The highest BCUT2D eigenvalue weighted by Gasteiger charge is 2.33. The summed E-state index contributed by atoms with van der Waals surface area (Å²) >= 11 is 0. The summed E-state index contributed by atoms with van der Waals surface area (Å²) in [6.45, 7) is 2.29. The van der Waals surface area contributed by atoms with E-state index in [1.807, 2.05) is 65.6 Å². The summed E-state index contributed by atoms with van der Waals surface area (Å²) in [4.78, 5) is 20.3. The number of likely N-dealkylation sites (tertiary alicyclic amines) is 1. The van der Waals surface area contributed by atoms with Gasteiger partial charge in [-0.2, -0.15) is 0 Å². The molecule has 0 aliphatic carbocycles. The molecule has 36 heavy (non-hydrogen) atoms. The van der Waals surface area contributed by atoms with Gasteiger partial charge in [-0.25, -0.2) is 0 Å². The minimum absolute atomic E-state index is 0.0796. The zero-order chi connectivity index (χ0) is 24.7. The third-order valence-corrected chi connectivity index (χ3v) is 7.08. The Hall–Kier alpha value is -3.73. The van der Waals surface area contributed by atoms with Gasteiger partial charge in [0.15, 0.2) is 0 Å². The molecule has 1 aliphatic heterocycles. The van der Waals surface area contributed by atoms with E-state index in [4.69, 9.17) is 0 Å². The number of hydrogen-bond acceptors (Lipinski definition) is 3. The number of carbonyl (C=O) groups excluding carboxylic acids is 1. The molecule has 0 spiro atoms. The first-order chi connectivity index (χ1) is 17.7. The van der Waals surface area contributed by atoms with Crippen molar-refractivity contribution in [1.29, 1.82) is 0 Å². The molecule has 0 aromatic heterocycles. The summed E-state index contributed by atoms with van der Waals surface area (Å²) in [7, 11) is 2.08. The van der Waals surface area contributed by atoms with Crippen LogP contribution in [0.5, 0.6) is 0 Å². The topological polar surface area (TPSA) is 26.8 Å². The summed E-state index contributed by atoms with van der Waals surface area (Å²) in [6.07, 6.45) is 1.04. The molecule has 4 aromatic carbocycles. The van der Waals surface area contributed by atoms with Crippen LogP contribution in [0, 0.1) is 0 Å². The fourth-order valence-electron chi connectivity index (χ4n) is 5.25. The Morgan fingerprint density at radius 3 is 1.67 bits per heavy atom. The van der Waals surface area contributed by atoms with Crippen molar-refractivity contribution in [3.63, 3.8) is 0 Å². The van der Waals surface area contributed by atoms with E-state index < -0.39 is 0 Å². The average Bonchev–Trinajstić information content (AvgIpc) is 3.41. The predicted molar refractivity (Wildman–Crippen MR) is 147 cm³/mol. The van der Waals surface area contributed by atoms with Crippen molar-refractivity contribution in [3.8, 4) is 0 Å². The van der Waals surface area contributed by atoms with Crippen molar-refractivity contribution in [2.75, 3.05) is 31.6 Å². The SMILES string of the molecule is CN(CC(=O)N(c1ccccc1)c1ccccc1)C1CCN(C(c2ccccc2)c2ccccc2)C1. The molecular formula is C32H33N3O. The molecule has 1 atom stereocenters. The predicted octanol–water partition coefficient (Wildman–Crippen LogP) is 6.15. The highest BCUT2D eigenvalue weighted by atomic mass is 16.2. The van der Waals surface area contributed by atoms with Crippen LogP contribution in [0.1, 0.15) is 23.6 Å². The Labute approximate surface area is 214 Å². The van der Waals surface area contributed by atoms with Gasteiger partial charge in [0.05, 0.1) is 12.6 Å². The van der Waals surface area contributed by atoms with Crippen molar-refractivity contribution in [2.45, 2.75) is 18.5 Å². The van der Waals surface area contributed by atoms with Gasteiger partial charge in [-0.05, 0) is 48.9 Å². The van der Waals surface area contributed by atoms with Crippen LogP contribution < -0.4 is 4.90 Å². The van der Waals surface area contributed by atoms with Crippen molar-refractivity contribution >= 4 is 17.3 Å². The maximum absolute atomic E-state index is 13.6. The minimum Gasteiger partial charge on any atom is -0.293 e. The van der Waals surface area contributed by atoms with Crippen LogP contribution in [0.4, 0.5) is 11.4 Å². The van der Waals surface area contributed by atoms with Crippen molar-refractivity contribution in [3.05, 3.63) is 132 Å². The van der Waals surface area contributed by atoms with E-state index in [0.29, 0.717) is 12.6 Å². The number of carbonyl (C=O) groups is 1. The highest BCUT2D eigenvalue weighted by Crippen LogP contribution is 2.33. The van der Waals surface area contributed by atoms with E-state index in [9.17, 15) is 4.79 Å². The lowest BCUT2D eigenvalue weighted by Gasteiger charge is -2.31. The molecular weight excluding hydrogens is 442 g/mol. The van der Waals surface area contributed by atoms with Crippen LogP contribution >= 0.6 is 0 Å².